The number of rotatable bonds is 3. The van der Waals surface area contributed by atoms with Gasteiger partial charge in [-0.05, 0) is 0 Å². The summed E-state index contributed by atoms with van der Waals surface area (Å²) < 4.78 is 17.2. The molecule has 0 fully saturated rings. The van der Waals surface area contributed by atoms with E-state index in [1.807, 2.05) is 0 Å². The van der Waals surface area contributed by atoms with E-state index in [1.165, 1.54) is 15.9 Å². The van der Waals surface area contributed by atoms with E-state index in [0.717, 1.165) is 11.3 Å². The zero-order valence-electron chi connectivity index (χ0n) is 8.50. The first-order chi connectivity index (χ1) is 6.83. The molecule has 0 aromatic carbocycles. The van der Waals surface area contributed by atoms with Gasteiger partial charge in [0, 0.05) is 25.7 Å². The first-order valence-electron chi connectivity index (χ1n) is 3.91. The fourth-order valence-corrected chi connectivity index (χ4v) is 2.23. The highest BCUT2D eigenvalue weighted by Crippen LogP contribution is 2.20. The lowest BCUT2D eigenvalue weighted by atomic mass is 10.5. The molecule has 1 atom stereocenters. The minimum absolute atomic E-state index is 0.0762. The van der Waals surface area contributed by atoms with Gasteiger partial charge in [-0.25, -0.2) is 18.3 Å². The van der Waals surface area contributed by atoms with Crippen LogP contribution in [-0.4, -0.2) is 44.9 Å². The van der Waals surface area contributed by atoms with E-state index in [9.17, 15) is 9.00 Å². The molecule has 0 aliphatic heterocycles. The highest BCUT2D eigenvalue weighted by molar-refractivity contribution is 7.90. The van der Waals surface area contributed by atoms with Gasteiger partial charge in [-0.3, -0.25) is 0 Å². The molecular formula is C7H11N3O3S2. The number of carbonyl (C=O) groups is 1. The molecule has 0 amide bonds. The standard InChI is InChI=1S/C7H11N3O3S2/c1-10(2)15(3,13)9-7-8-5(4-14-7)6(11)12/h4H,1-3H3,(H,11,12). The fourth-order valence-electron chi connectivity index (χ4n) is 0.631. The van der Waals surface area contributed by atoms with Gasteiger partial charge in [0.2, 0.25) is 5.13 Å². The van der Waals surface area contributed by atoms with Crippen molar-refractivity contribution >= 4 is 32.4 Å². The number of carboxylic acids is 1. The SMILES string of the molecule is CN(C)S(C)(=O)=Nc1nc(C(=O)O)cs1. The van der Waals surface area contributed by atoms with E-state index in [1.54, 1.807) is 14.1 Å². The molecular weight excluding hydrogens is 238 g/mol. The van der Waals surface area contributed by atoms with Gasteiger partial charge in [-0.15, -0.1) is 11.3 Å². The molecule has 6 nitrogen and oxygen atoms in total. The average Bonchev–Trinajstić information content (AvgIpc) is 2.51. The third-order valence-corrected chi connectivity index (χ3v) is 4.35. The lowest BCUT2D eigenvalue weighted by Gasteiger charge is -2.10. The van der Waals surface area contributed by atoms with Crippen LogP contribution in [0.5, 0.6) is 0 Å². The van der Waals surface area contributed by atoms with Crippen molar-refractivity contribution in [2.75, 3.05) is 20.4 Å². The van der Waals surface area contributed by atoms with Gasteiger partial charge in [0.05, 0.1) is 0 Å². The molecule has 1 N–H and O–H groups in total. The molecule has 8 heteroatoms. The van der Waals surface area contributed by atoms with Crippen LogP contribution in [0.2, 0.25) is 0 Å². The summed E-state index contributed by atoms with van der Waals surface area (Å²) in [5.74, 6) is -1.11. The summed E-state index contributed by atoms with van der Waals surface area (Å²) in [7, 11) is 0.773. The topological polar surface area (TPSA) is 82.9 Å². The van der Waals surface area contributed by atoms with E-state index in [2.05, 4.69) is 9.35 Å². The summed E-state index contributed by atoms with van der Waals surface area (Å²) in [4.78, 5) is 14.3. The molecule has 1 heterocycles. The van der Waals surface area contributed by atoms with Gasteiger partial charge in [-0.1, -0.05) is 0 Å². The Morgan fingerprint density at radius 1 is 1.67 bits per heavy atom. The van der Waals surface area contributed by atoms with E-state index in [4.69, 9.17) is 5.11 Å². The quantitative estimate of drug-likeness (QED) is 0.867. The third-order valence-electron chi connectivity index (χ3n) is 1.64. The van der Waals surface area contributed by atoms with Crippen molar-refractivity contribution in [1.29, 1.82) is 0 Å². The van der Waals surface area contributed by atoms with Crippen molar-refractivity contribution in [3.05, 3.63) is 11.1 Å². The van der Waals surface area contributed by atoms with Gasteiger partial charge in [-0.2, -0.15) is 4.36 Å². The van der Waals surface area contributed by atoms with Crippen LogP contribution in [0.1, 0.15) is 10.5 Å². The monoisotopic (exact) mass is 249 g/mol. The molecule has 0 aliphatic rings. The van der Waals surface area contributed by atoms with Crippen molar-refractivity contribution < 1.29 is 14.1 Å². The Morgan fingerprint density at radius 3 is 2.67 bits per heavy atom. The highest BCUT2D eigenvalue weighted by atomic mass is 32.2. The Hall–Kier alpha value is -0.990. The molecule has 1 rings (SSSR count). The van der Waals surface area contributed by atoms with Crippen LogP contribution in [0.3, 0.4) is 0 Å². The minimum Gasteiger partial charge on any atom is -0.476 e. The largest absolute Gasteiger partial charge is 0.476 e. The molecule has 0 radical (unpaired) electrons. The Morgan fingerprint density at radius 2 is 2.27 bits per heavy atom. The summed E-state index contributed by atoms with van der Waals surface area (Å²) >= 11 is 1.06. The number of nitrogens with zero attached hydrogens (tertiary/aromatic N) is 3. The molecule has 0 spiro atoms. The summed E-state index contributed by atoms with van der Waals surface area (Å²) in [6.07, 6.45) is 1.47. The second kappa shape index (κ2) is 4.25. The molecule has 0 bridgehead atoms. The summed E-state index contributed by atoms with van der Waals surface area (Å²) in [5.41, 5.74) is -0.0762. The molecule has 0 saturated carbocycles. The van der Waals surface area contributed by atoms with Crippen molar-refractivity contribution in [1.82, 2.24) is 9.29 Å². The number of thiazole rings is 1. The maximum atomic E-state index is 11.8. The molecule has 0 saturated heterocycles. The van der Waals surface area contributed by atoms with Crippen molar-refractivity contribution in [3.63, 3.8) is 0 Å². The van der Waals surface area contributed by atoms with Crippen LogP contribution in [-0.2, 0) is 9.92 Å². The predicted octanol–water partition coefficient (Wildman–Crippen LogP) is 1.05. The number of aromatic nitrogens is 1. The smallest absolute Gasteiger partial charge is 0.355 e. The maximum absolute atomic E-state index is 11.8. The Labute approximate surface area is 91.9 Å². The summed E-state index contributed by atoms with van der Waals surface area (Å²) in [6, 6.07) is 0. The van der Waals surface area contributed by atoms with Crippen molar-refractivity contribution in [2.24, 2.45) is 4.36 Å². The second-order valence-electron chi connectivity index (χ2n) is 2.99. The molecule has 84 valence electrons. The van der Waals surface area contributed by atoms with E-state index in [0.29, 0.717) is 0 Å². The zero-order chi connectivity index (χ0) is 11.6. The number of carboxylic acid groups (broad SMARTS) is 1. The number of hydrogen-bond donors (Lipinski definition) is 1. The lowest BCUT2D eigenvalue weighted by Crippen LogP contribution is -2.19. The van der Waals surface area contributed by atoms with Gasteiger partial charge in [0.15, 0.2) is 5.69 Å². The Bertz CT molecular complexity index is 485. The average molecular weight is 249 g/mol. The fraction of sp³-hybridized carbons (Fsp3) is 0.429. The predicted molar refractivity (Wildman–Crippen MR) is 58.9 cm³/mol. The zero-order valence-corrected chi connectivity index (χ0v) is 10.1. The molecule has 15 heavy (non-hydrogen) atoms. The number of hydrogen-bond acceptors (Lipinski definition) is 5. The lowest BCUT2D eigenvalue weighted by molar-refractivity contribution is 0.0691. The van der Waals surface area contributed by atoms with Crippen LogP contribution in [0.4, 0.5) is 5.13 Å². The van der Waals surface area contributed by atoms with E-state index < -0.39 is 15.9 Å². The van der Waals surface area contributed by atoms with Crippen LogP contribution < -0.4 is 0 Å². The van der Waals surface area contributed by atoms with Gasteiger partial charge >= 0.3 is 5.97 Å². The molecule has 1 unspecified atom stereocenters. The molecule has 0 aliphatic carbocycles. The number of aromatic carboxylic acids is 1. The van der Waals surface area contributed by atoms with Crippen LogP contribution in [0.15, 0.2) is 9.74 Å². The van der Waals surface area contributed by atoms with Gasteiger partial charge in [0.25, 0.3) is 0 Å². The minimum atomic E-state index is -2.50. The second-order valence-corrected chi connectivity index (χ2v) is 6.26. The Balaban J connectivity index is 3.10. The molecule has 1 aromatic rings. The van der Waals surface area contributed by atoms with Crippen LogP contribution >= 0.6 is 11.3 Å². The summed E-state index contributed by atoms with van der Waals surface area (Å²) in [6.45, 7) is 0. The van der Waals surface area contributed by atoms with E-state index in [-0.39, 0.29) is 10.8 Å². The van der Waals surface area contributed by atoms with Crippen molar-refractivity contribution in [3.8, 4) is 0 Å². The van der Waals surface area contributed by atoms with Crippen molar-refractivity contribution in [2.45, 2.75) is 0 Å². The highest BCUT2D eigenvalue weighted by Gasteiger charge is 2.10. The van der Waals surface area contributed by atoms with Crippen LogP contribution in [0.25, 0.3) is 0 Å². The normalized spacial score (nSPS) is 14.9. The van der Waals surface area contributed by atoms with Gasteiger partial charge in [0.1, 0.15) is 9.92 Å². The van der Waals surface area contributed by atoms with Crippen LogP contribution in [0, 0.1) is 0 Å². The molecule has 1 aromatic heterocycles. The third kappa shape index (κ3) is 2.98. The summed E-state index contributed by atoms with van der Waals surface area (Å²) in [5, 5.41) is 10.2. The first-order valence-corrected chi connectivity index (χ1v) is 6.67. The Kier molecular flexibility index (Phi) is 3.42. The van der Waals surface area contributed by atoms with E-state index >= 15 is 0 Å². The first kappa shape index (κ1) is 12.1. The maximum Gasteiger partial charge on any atom is 0.355 e. The van der Waals surface area contributed by atoms with Gasteiger partial charge < -0.3 is 5.11 Å².